The van der Waals surface area contributed by atoms with Crippen LogP contribution < -0.4 is 0 Å². The van der Waals surface area contributed by atoms with E-state index in [0.717, 1.165) is 0 Å². The van der Waals surface area contributed by atoms with Crippen molar-refractivity contribution in [1.82, 2.24) is 4.98 Å². The molecule has 53 heavy (non-hydrogen) atoms. The molecular formula is C52H35N. The second kappa shape index (κ2) is 11.2. The SMILES string of the molecule is CC1(C)c2ccccc2-c2c(-c3c4ccccc4c(-c4c5ccccc5cc5ccncc45)c4ccc(-c5cccc6ccccc56)cc34)cccc21. The van der Waals surface area contributed by atoms with Crippen LogP contribution in [0.4, 0.5) is 0 Å². The van der Waals surface area contributed by atoms with Crippen LogP contribution in [0.2, 0.25) is 0 Å². The molecule has 11 rings (SSSR count). The summed E-state index contributed by atoms with van der Waals surface area (Å²) >= 11 is 0. The molecular weight excluding hydrogens is 639 g/mol. The quantitative estimate of drug-likeness (QED) is 0.170. The second-order valence-corrected chi connectivity index (χ2v) is 15.1. The van der Waals surface area contributed by atoms with Gasteiger partial charge in [-0.3, -0.25) is 4.98 Å². The molecule has 1 heterocycles. The maximum absolute atomic E-state index is 4.69. The summed E-state index contributed by atoms with van der Waals surface area (Å²) in [6.07, 6.45) is 3.96. The largest absolute Gasteiger partial charge is 0.264 e. The number of aromatic nitrogens is 1. The molecule has 1 nitrogen and oxygen atoms in total. The van der Waals surface area contributed by atoms with Crippen LogP contribution in [-0.2, 0) is 5.41 Å². The minimum atomic E-state index is -0.101. The number of hydrogen-bond acceptors (Lipinski definition) is 1. The Hall–Kier alpha value is -6.57. The molecule has 0 saturated carbocycles. The fourth-order valence-electron chi connectivity index (χ4n) is 9.52. The normalized spacial score (nSPS) is 13.2. The predicted octanol–water partition coefficient (Wildman–Crippen LogP) is 14.2. The molecule has 9 aromatic carbocycles. The van der Waals surface area contributed by atoms with Gasteiger partial charge in [0.1, 0.15) is 0 Å². The van der Waals surface area contributed by atoms with Crippen molar-refractivity contribution in [3.8, 4) is 44.5 Å². The van der Waals surface area contributed by atoms with Gasteiger partial charge in [-0.25, -0.2) is 0 Å². The van der Waals surface area contributed by atoms with Gasteiger partial charge in [-0.05, 0) is 117 Å². The molecule has 0 N–H and O–H groups in total. The highest BCUT2D eigenvalue weighted by Crippen LogP contribution is 2.55. The van der Waals surface area contributed by atoms with Gasteiger partial charge in [-0.15, -0.1) is 0 Å². The summed E-state index contributed by atoms with van der Waals surface area (Å²) in [4.78, 5) is 4.69. The highest BCUT2D eigenvalue weighted by Gasteiger charge is 2.37. The maximum Gasteiger partial charge on any atom is 0.0352 e. The van der Waals surface area contributed by atoms with Crippen molar-refractivity contribution >= 4 is 53.9 Å². The zero-order valence-corrected chi connectivity index (χ0v) is 29.7. The Balaban J connectivity index is 1.35. The van der Waals surface area contributed by atoms with E-state index in [4.69, 9.17) is 0 Å². The first-order valence-electron chi connectivity index (χ1n) is 18.5. The van der Waals surface area contributed by atoms with Crippen LogP contribution in [0.25, 0.3) is 98.4 Å². The van der Waals surface area contributed by atoms with E-state index in [0.29, 0.717) is 0 Å². The van der Waals surface area contributed by atoms with Crippen molar-refractivity contribution in [2.75, 3.05) is 0 Å². The monoisotopic (exact) mass is 673 g/mol. The van der Waals surface area contributed by atoms with E-state index in [-0.39, 0.29) is 5.41 Å². The summed E-state index contributed by atoms with van der Waals surface area (Å²) in [6.45, 7) is 4.75. The average Bonchev–Trinajstić information content (AvgIpc) is 3.45. The van der Waals surface area contributed by atoms with E-state index in [1.54, 1.807) is 0 Å². The summed E-state index contributed by atoms with van der Waals surface area (Å²) in [5, 5.41) is 12.3. The number of pyridine rings is 1. The highest BCUT2D eigenvalue weighted by molar-refractivity contribution is 6.28. The third-order valence-corrected chi connectivity index (χ3v) is 11.9. The Kier molecular flexibility index (Phi) is 6.37. The third kappa shape index (κ3) is 4.28. The lowest BCUT2D eigenvalue weighted by atomic mass is 9.79. The molecule has 10 aromatic rings. The van der Waals surface area contributed by atoms with Crippen molar-refractivity contribution in [1.29, 1.82) is 0 Å². The zero-order chi connectivity index (χ0) is 35.3. The van der Waals surface area contributed by atoms with Crippen molar-refractivity contribution in [2.45, 2.75) is 19.3 Å². The summed E-state index contributed by atoms with van der Waals surface area (Å²) < 4.78 is 0. The molecule has 0 amide bonds. The standard InChI is InChI=1S/C52H35N/c1-52(2)46-23-10-9-20-42(46)49-43(22-12-24-47(49)52)48-39-18-7-8-19-40(39)51(50-38-17-6-4-14-33(38)29-35-27-28-53-31-45(35)50)41-26-25-34(30-44(41)48)37-21-11-15-32-13-3-5-16-36(32)37/h3-31H,1-2H3. The van der Waals surface area contributed by atoms with E-state index in [1.807, 2.05) is 6.20 Å². The minimum Gasteiger partial charge on any atom is -0.264 e. The van der Waals surface area contributed by atoms with E-state index >= 15 is 0 Å². The fraction of sp³-hybridized carbons (Fsp3) is 0.0577. The molecule has 248 valence electrons. The lowest BCUT2D eigenvalue weighted by molar-refractivity contribution is 0.660. The van der Waals surface area contributed by atoms with E-state index in [9.17, 15) is 0 Å². The lowest BCUT2D eigenvalue weighted by Gasteiger charge is -2.23. The molecule has 0 radical (unpaired) electrons. The molecule has 1 heteroatoms. The molecule has 0 atom stereocenters. The summed E-state index contributed by atoms with van der Waals surface area (Å²) in [6, 6.07) is 61.0. The van der Waals surface area contributed by atoms with Crippen LogP contribution >= 0.6 is 0 Å². The molecule has 1 aliphatic rings. The molecule has 0 unspecified atom stereocenters. The molecule has 0 saturated heterocycles. The Bertz CT molecular complexity index is 3090. The van der Waals surface area contributed by atoms with Gasteiger partial charge in [0.2, 0.25) is 0 Å². The predicted molar refractivity (Wildman–Crippen MR) is 226 cm³/mol. The molecule has 1 aliphatic carbocycles. The molecule has 1 aromatic heterocycles. The van der Waals surface area contributed by atoms with E-state index in [1.165, 1.54) is 109 Å². The average molecular weight is 674 g/mol. The Labute approximate surface area is 308 Å². The number of fused-ring (bicyclic) bond motifs is 8. The van der Waals surface area contributed by atoms with Gasteiger partial charge in [0.05, 0.1) is 0 Å². The topological polar surface area (TPSA) is 12.9 Å². The van der Waals surface area contributed by atoms with Gasteiger partial charge >= 0.3 is 0 Å². The summed E-state index contributed by atoms with van der Waals surface area (Å²) in [5.74, 6) is 0. The molecule has 0 fully saturated rings. The smallest absolute Gasteiger partial charge is 0.0352 e. The van der Waals surface area contributed by atoms with Gasteiger partial charge in [-0.2, -0.15) is 0 Å². The van der Waals surface area contributed by atoms with Crippen LogP contribution in [0.5, 0.6) is 0 Å². The van der Waals surface area contributed by atoms with E-state index < -0.39 is 0 Å². The zero-order valence-electron chi connectivity index (χ0n) is 29.7. The lowest BCUT2D eigenvalue weighted by Crippen LogP contribution is -2.14. The van der Waals surface area contributed by atoms with Gasteiger partial charge in [0.25, 0.3) is 0 Å². The Morgan fingerprint density at radius 2 is 0.943 bits per heavy atom. The number of rotatable bonds is 3. The van der Waals surface area contributed by atoms with Crippen molar-refractivity contribution in [3.05, 3.63) is 187 Å². The van der Waals surface area contributed by atoms with Gasteiger partial charge in [-0.1, -0.05) is 159 Å². The summed E-state index contributed by atoms with van der Waals surface area (Å²) in [7, 11) is 0. The highest BCUT2D eigenvalue weighted by atomic mass is 14.6. The number of hydrogen-bond donors (Lipinski definition) is 0. The van der Waals surface area contributed by atoms with Crippen LogP contribution in [0, 0.1) is 0 Å². The fourth-order valence-corrected chi connectivity index (χ4v) is 9.52. The second-order valence-electron chi connectivity index (χ2n) is 15.1. The first-order chi connectivity index (χ1) is 26.1. The van der Waals surface area contributed by atoms with Crippen molar-refractivity contribution in [3.63, 3.8) is 0 Å². The first-order valence-corrected chi connectivity index (χ1v) is 18.5. The summed E-state index contributed by atoms with van der Waals surface area (Å²) in [5.41, 5.74) is 12.9. The Morgan fingerprint density at radius 3 is 1.81 bits per heavy atom. The van der Waals surface area contributed by atoms with Gasteiger partial charge in [0, 0.05) is 28.8 Å². The number of nitrogens with zero attached hydrogens (tertiary/aromatic N) is 1. The molecule has 0 bridgehead atoms. The van der Waals surface area contributed by atoms with Crippen molar-refractivity contribution in [2.24, 2.45) is 0 Å². The molecule has 0 spiro atoms. The van der Waals surface area contributed by atoms with Crippen LogP contribution in [0.1, 0.15) is 25.0 Å². The first kappa shape index (κ1) is 30.1. The van der Waals surface area contributed by atoms with Crippen molar-refractivity contribution < 1.29 is 0 Å². The van der Waals surface area contributed by atoms with Gasteiger partial charge < -0.3 is 0 Å². The number of benzene rings is 9. The van der Waals surface area contributed by atoms with Crippen LogP contribution in [-0.4, -0.2) is 4.98 Å². The van der Waals surface area contributed by atoms with Crippen LogP contribution in [0.3, 0.4) is 0 Å². The maximum atomic E-state index is 4.69. The van der Waals surface area contributed by atoms with Gasteiger partial charge in [0.15, 0.2) is 0 Å². The Morgan fingerprint density at radius 1 is 0.358 bits per heavy atom. The van der Waals surface area contributed by atoms with E-state index in [2.05, 4.69) is 189 Å². The van der Waals surface area contributed by atoms with Crippen LogP contribution in [0.15, 0.2) is 176 Å². The minimum absolute atomic E-state index is 0.101. The third-order valence-electron chi connectivity index (χ3n) is 11.9. The molecule has 0 aliphatic heterocycles.